The van der Waals surface area contributed by atoms with E-state index in [-0.39, 0.29) is 6.71 Å². The molecule has 7 aromatic carbocycles. The van der Waals surface area contributed by atoms with Gasteiger partial charge in [0.1, 0.15) is 11.5 Å². The van der Waals surface area contributed by atoms with Gasteiger partial charge in [0.2, 0.25) is 0 Å². The smallest absolute Gasteiger partial charge is 0.251 e. The minimum absolute atomic E-state index is 0.0484. The van der Waals surface area contributed by atoms with E-state index in [0.29, 0.717) is 17.8 Å². The Hall–Kier alpha value is -5.45. The van der Waals surface area contributed by atoms with Crippen LogP contribution in [0.3, 0.4) is 0 Å². The van der Waals surface area contributed by atoms with Gasteiger partial charge in [0.25, 0.3) is 6.71 Å². The summed E-state index contributed by atoms with van der Waals surface area (Å²) in [6, 6.07) is 53.0. The van der Waals surface area contributed by atoms with E-state index >= 15 is 0 Å². The molecule has 0 fully saturated rings. The summed E-state index contributed by atoms with van der Waals surface area (Å²) >= 11 is 1.89. The predicted octanol–water partition coefficient (Wildman–Crippen LogP) is 12.9. The predicted molar refractivity (Wildman–Crippen MR) is 246 cm³/mol. The van der Waals surface area contributed by atoms with Crippen molar-refractivity contribution < 1.29 is 4.74 Å². The highest BCUT2D eigenvalue weighted by Crippen LogP contribution is 2.63. The summed E-state index contributed by atoms with van der Waals surface area (Å²) in [7, 11) is 0. The number of rotatable bonds is 5. The molecule has 3 aliphatic rings. The van der Waals surface area contributed by atoms with Gasteiger partial charge < -0.3 is 9.64 Å². The molecule has 0 aromatic heterocycles. The molecule has 1 spiro atoms. The van der Waals surface area contributed by atoms with Gasteiger partial charge in [0.05, 0.1) is 16.8 Å². The lowest BCUT2D eigenvalue weighted by Crippen LogP contribution is -2.57. The Morgan fingerprint density at radius 2 is 1.05 bits per heavy atom. The maximum Gasteiger partial charge on any atom is 0.251 e. The number of nitrogens with zero attached hydrogens (tertiary/aromatic N) is 1. The minimum atomic E-state index is -0.491. The summed E-state index contributed by atoms with van der Waals surface area (Å²) in [4.78, 5) is 5.12. The SMILES string of the molecule is Cc1ccc2c(c1)C1(c3ccccc3Sc3ccccc31)c1cc(C)ccc1N2c1ccc2c(c1)Oc1ccccc1B2c1c(C(C)C)cc(C(C)C)cc1C(C)C. The van der Waals surface area contributed by atoms with Crippen molar-refractivity contribution in [3.8, 4) is 11.5 Å². The Morgan fingerprint density at radius 3 is 1.62 bits per heavy atom. The molecule has 0 aliphatic carbocycles. The van der Waals surface area contributed by atoms with Crippen molar-refractivity contribution in [3.05, 3.63) is 190 Å². The van der Waals surface area contributed by atoms with Crippen LogP contribution in [-0.2, 0) is 5.41 Å². The molecule has 0 saturated carbocycles. The number of benzene rings is 7. The van der Waals surface area contributed by atoms with Gasteiger partial charge in [-0.15, -0.1) is 0 Å². The standard InChI is InChI=1S/C54H50BNOS/c1-32(2)37-29-39(33(3)4)53(40(30-37)34(5)6)55-45-17-11-12-18-49(45)57-50-31-38(23-24-46(50)55)56-47-25-21-35(7)27-43(47)54(44-28-36(8)22-26-48(44)56)41-15-9-13-19-51(41)58-52-20-14-10-16-42(52)54/h9-34H,1-8H3. The van der Waals surface area contributed by atoms with Gasteiger partial charge in [-0.3, -0.25) is 0 Å². The summed E-state index contributed by atoms with van der Waals surface area (Å²) in [5.41, 5.74) is 19.0. The molecule has 0 bridgehead atoms. The minimum Gasteiger partial charge on any atom is -0.458 e. The first-order valence-electron chi connectivity index (χ1n) is 21.0. The number of para-hydroxylation sites is 1. The second-order valence-electron chi connectivity index (χ2n) is 17.6. The summed E-state index contributed by atoms with van der Waals surface area (Å²) in [5, 5.41) is 0. The van der Waals surface area contributed by atoms with Gasteiger partial charge in [0.15, 0.2) is 0 Å². The molecule has 3 heterocycles. The second-order valence-corrected chi connectivity index (χ2v) is 18.7. The largest absolute Gasteiger partial charge is 0.458 e. The molecule has 0 N–H and O–H groups in total. The third-order valence-electron chi connectivity index (χ3n) is 12.9. The monoisotopic (exact) mass is 771 g/mol. The number of hydrogen-bond acceptors (Lipinski definition) is 3. The van der Waals surface area contributed by atoms with Crippen LogP contribution in [0.4, 0.5) is 17.1 Å². The van der Waals surface area contributed by atoms with Gasteiger partial charge in [-0.25, -0.2) is 0 Å². The lowest BCUT2D eigenvalue weighted by molar-refractivity contribution is 0.487. The van der Waals surface area contributed by atoms with Gasteiger partial charge in [-0.05, 0) is 118 Å². The van der Waals surface area contributed by atoms with Crippen LogP contribution in [0.1, 0.15) is 109 Å². The average Bonchev–Trinajstić information content (AvgIpc) is 3.22. The topological polar surface area (TPSA) is 12.5 Å². The fraction of sp³-hybridized carbons (Fsp3) is 0.222. The summed E-state index contributed by atoms with van der Waals surface area (Å²) in [6.45, 7) is 18.6. The molecule has 0 atom stereocenters. The Bertz CT molecular complexity index is 2650. The summed E-state index contributed by atoms with van der Waals surface area (Å²) in [6.07, 6.45) is 0. The van der Waals surface area contributed by atoms with Gasteiger partial charge >= 0.3 is 0 Å². The van der Waals surface area contributed by atoms with Crippen LogP contribution >= 0.6 is 11.8 Å². The van der Waals surface area contributed by atoms with Gasteiger partial charge in [-0.2, -0.15) is 0 Å². The average molecular weight is 772 g/mol. The zero-order valence-electron chi connectivity index (χ0n) is 34.9. The van der Waals surface area contributed by atoms with Crippen molar-refractivity contribution in [2.45, 2.75) is 88.3 Å². The van der Waals surface area contributed by atoms with Crippen LogP contribution in [0.2, 0.25) is 0 Å². The van der Waals surface area contributed by atoms with Crippen LogP contribution in [-0.4, -0.2) is 6.71 Å². The molecule has 2 nitrogen and oxygen atoms in total. The maximum atomic E-state index is 7.01. The number of aryl methyl sites for hydroxylation is 2. The van der Waals surface area contributed by atoms with Crippen molar-refractivity contribution in [1.82, 2.24) is 0 Å². The molecular formula is C54H50BNOS. The van der Waals surface area contributed by atoms with Gasteiger partial charge in [-0.1, -0.05) is 167 Å². The number of fused-ring (bicyclic) bond motifs is 10. The highest BCUT2D eigenvalue weighted by Gasteiger charge is 2.50. The van der Waals surface area contributed by atoms with Crippen molar-refractivity contribution in [3.63, 3.8) is 0 Å². The van der Waals surface area contributed by atoms with Crippen LogP contribution in [0.25, 0.3) is 0 Å². The first kappa shape index (κ1) is 36.9. The normalized spacial score (nSPS) is 14.5. The number of ether oxygens (including phenoxy) is 1. The van der Waals surface area contributed by atoms with Crippen molar-refractivity contribution >= 4 is 51.9 Å². The van der Waals surface area contributed by atoms with E-state index in [1.165, 1.54) is 87.6 Å². The fourth-order valence-corrected chi connectivity index (χ4v) is 11.4. The maximum absolute atomic E-state index is 7.01. The molecule has 286 valence electrons. The summed E-state index contributed by atoms with van der Waals surface area (Å²) in [5.74, 6) is 3.06. The molecule has 58 heavy (non-hydrogen) atoms. The van der Waals surface area contributed by atoms with Crippen molar-refractivity contribution in [2.24, 2.45) is 0 Å². The van der Waals surface area contributed by atoms with Crippen LogP contribution in [0.15, 0.2) is 149 Å². The molecular weight excluding hydrogens is 721 g/mol. The van der Waals surface area contributed by atoms with E-state index in [4.69, 9.17) is 4.74 Å². The van der Waals surface area contributed by atoms with E-state index in [1.807, 2.05) is 11.8 Å². The molecule has 0 radical (unpaired) electrons. The number of hydrogen-bond donors (Lipinski definition) is 0. The van der Waals surface area contributed by atoms with Gasteiger partial charge in [0, 0.05) is 21.5 Å². The molecule has 0 saturated heterocycles. The molecule has 4 heteroatoms. The zero-order valence-corrected chi connectivity index (χ0v) is 35.7. The van der Waals surface area contributed by atoms with E-state index in [9.17, 15) is 0 Å². The lowest BCUT2D eigenvalue weighted by Gasteiger charge is -2.49. The van der Waals surface area contributed by atoms with E-state index in [0.717, 1.165) is 17.2 Å². The van der Waals surface area contributed by atoms with E-state index < -0.39 is 5.41 Å². The highest BCUT2D eigenvalue weighted by atomic mass is 32.2. The quantitative estimate of drug-likeness (QED) is 0.162. The first-order chi connectivity index (χ1) is 28.1. The van der Waals surface area contributed by atoms with Crippen molar-refractivity contribution in [1.29, 1.82) is 0 Å². The first-order valence-corrected chi connectivity index (χ1v) is 21.9. The number of anilines is 3. The second kappa shape index (κ2) is 13.8. The molecule has 0 unspecified atom stereocenters. The summed E-state index contributed by atoms with van der Waals surface area (Å²) < 4.78 is 7.01. The highest BCUT2D eigenvalue weighted by molar-refractivity contribution is 7.99. The fourth-order valence-electron chi connectivity index (χ4n) is 10.2. The Kier molecular flexibility index (Phi) is 8.80. The zero-order chi connectivity index (χ0) is 40.0. The Balaban J connectivity index is 1.23. The Labute approximate surface area is 349 Å². The molecule has 0 amide bonds. The molecule has 10 rings (SSSR count). The van der Waals surface area contributed by atoms with Crippen molar-refractivity contribution in [2.75, 3.05) is 4.90 Å². The third kappa shape index (κ3) is 5.48. The molecule has 7 aromatic rings. The third-order valence-corrected chi connectivity index (χ3v) is 14.0. The molecule has 3 aliphatic heterocycles. The van der Waals surface area contributed by atoms with Crippen LogP contribution in [0, 0.1) is 13.8 Å². The van der Waals surface area contributed by atoms with Crippen LogP contribution < -0.4 is 26.0 Å². The lowest BCUT2D eigenvalue weighted by atomic mass is 9.34. The van der Waals surface area contributed by atoms with E-state index in [2.05, 4.69) is 200 Å². The Morgan fingerprint density at radius 1 is 0.517 bits per heavy atom. The van der Waals surface area contributed by atoms with Crippen LogP contribution in [0.5, 0.6) is 11.5 Å². The van der Waals surface area contributed by atoms with E-state index in [1.54, 1.807) is 0 Å².